The van der Waals surface area contributed by atoms with Gasteiger partial charge in [-0.3, -0.25) is 14.8 Å². The number of pyridine rings is 2. The number of rotatable bonds is 5. The van der Waals surface area contributed by atoms with Crippen molar-refractivity contribution in [2.75, 3.05) is 25.0 Å². The number of fused-ring (bicyclic) bond motifs is 1. The Bertz CT molecular complexity index is 1020. The van der Waals surface area contributed by atoms with E-state index in [0.29, 0.717) is 24.2 Å². The van der Waals surface area contributed by atoms with Gasteiger partial charge >= 0.3 is 0 Å². The number of hydrogen-bond donors (Lipinski definition) is 4. The van der Waals surface area contributed by atoms with Gasteiger partial charge in [0.25, 0.3) is 0 Å². The van der Waals surface area contributed by atoms with Gasteiger partial charge in [-0.15, -0.1) is 0 Å². The monoisotopic (exact) mass is 405 g/mol. The predicted octanol–water partition coefficient (Wildman–Crippen LogP) is 1.56. The quantitative estimate of drug-likeness (QED) is 0.600. The normalized spacial score (nSPS) is 24.8. The lowest BCUT2D eigenvalue weighted by molar-refractivity contribution is -0.128. The van der Waals surface area contributed by atoms with Crippen LogP contribution in [0.4, 0.5) is 5.82 Å². The van der Waals surface area contributed by atoms with E-state index in [1.54, 1.807) is 12.4 Å². The Hall–Kier alpha value is -3.00. The summed E-state index contributed by atoms with van der Waals surface area (Å²) in [7, 11) is 0. The van der Waals surface area contributed by atoms with Gasteiger partial charge in [0.1, 0.15) is 17.1 Å². The van der Waals surface area contributed by atoms with Crippen molar-refractivity contribution in [3.8, 4) is 0 Å². The van der Waals surface area contributed by atoms with Gasteiger partial charge < -0.3 is 21.7 Å². The first-order valence-corrected chi connectivity index (χ1v) is 10.7. The lowest BCUT2D eigenvalue weighted by Gasteiger charge is -2.43. The molecule has 8 nitrogen and oxygen atoms in total. The molecule has 4 heterocycles. The van der Waals surface area contributed by atoms with Crippen LogP contribution in [0.2, 0.25) is 0 Å². The Morgan fingerprint density at radius 3 is 2.77 bits per heavy atom. The number of nitrogens with zero attached hydrogens (tertiary/aromatic N) is 3. The molecule has 2 aromatic heterocycles. The van der Waals surface area contributed by atoms with Crippen LogP contribution in [-0.4, -0.2) is 47.4 Å². The van der Waals surface area contributed by atoms with Crippen molar-refractivity contribution in [2.45, 2.75) is 31.7 Å². The molecule has 0 spiro atoms. The van der Waals surface area contributed by atoms with Crippen molar-refractivity contribution in [1.82, 2.24) is 20.6 Å². The topological polar surface area (TPSA) is 117 Å². The van der Waals surface area contributed by atoms with Crippen LogP contribution in [0, 0.1) is 11.3 Å². The number of anilines is 1. The smallest absolute Gasteiger partial charge is 0.231 e. The summed E-state index contributed by atoms with van der Waals surface area (Å²) in [5.74, 6) is 1.31. The molecule has 1 saturated heterocycles. The van der Waals surface area contributed by atoms with Gasteiger partial charge in [-0.25, -0.2) is 4.98 Å². The maximum absolute atomic E-state index is 12.8. The van der Waals surface area contributed by atoms with Crippen LogP contribution in [0.25, 0.3) is 10.9 Å². The van der Waals surface area contributed by atoms with Crippen LogP contribution in [0.15, 0.2) is 47.4 Å². The summed E-state index contributed by atoms with van der Waals surface area (Å²) < 4.78 is 0. The molecule has 30 heavy (non-hydrogen) atoms. The summed E-state index contributed by atoms with van der Waals surface area (Å²) in [6.45, 7) is 2.17. The van der Waals surface area contributed by atoms with Gasteiger partial charge in [-0.1, -0.05) is 0 Å². The van der Waals surface area contributed by atoms with Crippen LogP contribution >= 0.6 is 0 Å². The summed E-state index contributed by atoms with van der Waals surface area (Å²) in [5, 5.41) is 11.3. The van der Waals surface area contributed by atoms with Gasteiger partial charge in [-0.05, 0) is 62.9 Å². The highest BCUT2D eigenvalue weighted by molar-refractivity contribution is 6.06. The minimum atomic E-state index is -0.766. The molecule has 2 aliphatic heterocycles. The first-order chi connectivity index (χ1) is 14.6. The number of nitrogens with one attached hydrogen (secondary N) is 3. The zero-order valence-corrected chi connectivity index (χ0v) is 16.9. The SMILES string of the molecule is NC(=O)C1(C2CCNCC2)CN=C(Nc2ccc3cnccc3n2)C=C1NC1CC1. The minimum Gasteiger partial charge on any atom is -0.385 e. The number of aromatic nitrogens is 2. The fraction of sp³-hybridized carbons (Fsp3) is 0.455. The molecule has 0 aromatic carbocycles. The van der Waals surface area contributed by atoms with Crippen LogP contribution in [-0.2, 0) is 4.79 Å². The number of primary amides is 1. The van der Waals surface area contributed by atoms with Crippen molar-refractivity contribution >= 4 is 28.5 Å². The number of piperidine rings is 1. The Labute approximate surface area is 175 Å². The van der Waals surface area contributed by atoms with E-state index in [9.17, 15) is 4.79 Å². The summed E-state index contributed by atoms with van der Waals surface area (Å²) in [6.07, 6.45) is 9.58. The molecule has 1 amide bonds. The first kappa shape index (κ1) is 19.0. The van der Waals surface area contributed by atoms with E-state index in [2.05, 4.69) is 25.9 Å². The van der Waals surface area contributed by atoms with Crippen LogP contribution < -0.4 is 21.7 Å². The minimum absolute atomic E-state index is 0.186. The molecule has 5 N–H and O–H groups in total. The van der Waals surface area contributed by atoms with Gasteiger partial charge in [0.15, 0.2) is 0 Å². The molecular formula is C22H27N7O. The Morgan fingerprint density at radius 1 is 1.17 bits per heavy atom. The fourth-order valence-electron chi connectivity index (χ4n) is 4.54. The van der Waals surface area contributed by atoms with Gasteiger partial charge in [0, 0.05) is 35.6 Å². The lowest BCUT2D eigenvalue weighted by atomic mass is 9.67. The molecule has 8 heteroatoms. The van der Waals surface area contributed by atoms with Crippen molar-refractivity contribution in [3.63, 3.8) is 0 Å². The molecule has 1 saturated carbocycles. The number of hydrogen-bond acceptors (Lipinski definition) is 7. The van der Waals surface area contributed by atoms with E-state index in [-0.39, 0.29) is 11.8 Å². The van der Waals surface area contributed by atoms with Gasteiger partial charge in [-0.2, -0.15) is 0 Å². The van der Waals surface area contributed by atoms with E-state index in [1.165, 1.54) is 0 Å². The number of carbonyl (C=O) groups excluding carboxylic acids is 1. The van der Waals surface area contributed by atoms with Gasteiger partial charge in [0.05, 0.1) is 12.1 Å². The molecule has 3 aliphatic rings. The molecule has 1 aliphatic carbocycles. The Morgan fingerprint density at radius 2 is 2.00 bits per heavy atom. The maximum atomic E-state index is 12.8. The van der Waals surface area contributed by atoms with Crippen LogP contribution in [0.5, 0.6) is 0 Å². The predicted molar refractivity (Wildman–Crippen MR) is 117 cm³/mol. The van der Waals surface area contributed by atoms with E-state index in [1.807, 2.05) is 24.3 Å². The van der Waals surface area contributed by atoms with E-state index < -0.39 is 5.41 Å². The largest absolute Gasteiger partial charge is 0.385 e. The van der Waals surface area contributed by atoms with E-state index in [0.717, 1.165) is 55.4 Å². The maximum Gasteiger partial charge on any atom is 0.231 e. The van der Waals surface area contributed by atoms with Gasteiger partial charge in [0.2, 0.25) is 5.91 Å². The Kier molecular flexibility index (Phi) is 4.86. The second-order valence-electron chi connectivity index (χ2n) is 8.43. The molecule has 5 rings (SSSR count). The zero-order valence-electron chi connectivity index (χ0n) is 16.9. The van der Waals surface area contributed by atoms with Crippen LogP contribution in [0.3, 0.4) is 0 Å². The van der Waals surface area contributed by atoms with Crippen molar-refractivity contribution in [3.05, 3.63) is 42.4 Å². The van der Waals surface area contributed by atoms with Crippen molar-refractivity contribution in [2.24, 2.45) is 22.1 Å². The molecule has 0 radical (unpaired) electrons. The lowest BCUT2D eigenvalue weighted by Crippen LogP contribution is -2.54. The highest BCUT2D eigenvalue weighted by atomic mass is 16.1. The first-order valence-electron chi connectivity index (χ1n) is 10.7. The number of dihydropyridines is 1. The van der Waals surface area contributed by atoms with E-state index in [4.69, 9.17) is 10.7 Å². The molecule has 1 atom stereocenters. The summed E-state index contributed by atoms with van der Waals surface area (Å²) in [4.78, 5) is 26.3. The van der Waals surface area contributed by atoms with E-state index >= 15 is 0 Å². The van der Waals surface area contributed by atoms with Crippen LogP contribution in [0.1, 0.15) is 25.7 Å². The molecule has 0 bridgehead atoms. The summed E-state index contributed by atoms with van der Waals surface area (Å²) >= 11 is 0. The molecule has 2 aromatic rings. The Balaban J connectivity index is 1.45. The molecule has 2 fully saturated rings. The highest BCUT2D eigenvalue weighted by Crippen LogP contribution is 2.43. The number of aliphatic imine (C=N–C) groups is 1. The number of amides is 1. The van der Waals surface area contributed by atoms with Crippen molar-refractivity contribution in [1.29, 1.82) is 0 Å². The number of carbonyl (C=O) groups is 1. The second-order valence-corrected chi connectivity index (χ2v) is 8.43. The molecular weight excluding hydrogens is 378 g/mol. The number of amidine groups is 1. The third kappa shape index (κ3) is 3.52. The highest BCUT2D eigenvalue weighted by Gasteiger charge is 2.50. The fourth-order valence-corrected chi connectivity index (χ4v) is 4.54. The average molecular weight is 406 g/mol. The summed E-state index contributed by atoms with van der Waals surface area (Å²) in [5.41, 5.74) is 7.04. The summed E-state index contributed by atoms with van der Waals surface area (Å²) in [6, 6.07) is 6.20. The third-order valence-electron chi connectivity index (χ3n) is 6.42. The zero-order chi connectivity index (χ0) is 20.6. The van der Waals surface area contributed by atoms with Crippen molar-refractivity contribution < 1.29 is 4.79 Å². The number of nitrogens with two attached hydrogens (primary N) is 1. The second kappa shape index (κ2) is 7.68. The standard InChI is InChI=1S/C22H27N7O/c23-21(30)22(15-5-8-24-9-6-15)13-26-20(11-18(22)27-16-2-3-16)29-19-4-1-14-12-25-10-7-17(14)28-19/h1,4,7,10-12,15-16,24,27H,2-3,5-6,8-9,13H2,(H2,23,30)(H,26,28,29). The average Bonchev–Trinajstić information content (AvgIpc) is 3.59. The third-order valence-corrected chi connectivity index (χ3v) is 6.42. The molecule has 1 unspecified atom stereocenters. The molecule has 156 valence electrons.